The lowest BCUT2D eigenvalue weighted by atomic mass is 10.1. The zero-order chi connectivity index (χ0) is 31.3. The van der Waals surface area contributed by atoms with E-state index in [1.54, 1.807) is 41.3 Å². The van der Waals surface area contributed by atoms with Crippen molar-refractivity contribution >= 4 is 38.4 Å². The van der Waals surface area contributed by atoms with Crippen LogP contribution in [-0.4, -0.2) is 68.1 Å². The van der Waals surface area contributed by atoms with Gasteiger partial charge in [-0.3, -0.25) is 15.0 Å². The summed E-state index contributed by atoms with van der Waals surface area (Å²) in [6.45, 7) is 0.356. The van der Waals surface area contributed by atoms with Crippen molar-refractivity contribution < 1.29 is 22.7 Å². The van der Waals surface area contributed by atoms with Crippen LogP contribution in [0.25, 0.3) is 10.8 Å². The standard InChI is InChI=1S/C33H35N5O5S/c1-43-28-12-10-25-11-13-29(20-27(25)19-28)44(41,42)38(22-31(39)36-16-14-23-6-3-2-4-7-23)30-15-17-37(33(30)40)21-24-8-5-9-26(18-24)32(34)35/h2-13,18-20,30H,14-17,21-22H2,1H3,(H3,34,35)(H,36,39)/t30-/m0/s1. The van der Waals surface area contributed by atoms with E-state index in [1.807, 2.05) is 42.5 Å². The minimum Gasteiger partial charge on any atom is -0.497 e. The summed E-state index contributed by atoms with van der Waals surface area (Å²) in [5.74, 6) is -0.383. The Morgan fingerprint density at radius 1 is 1.00 bits per heavy atom. The highest BCUT2D eigenvalue weighted by Crippen LogP contribution is 2.29. The average molecular weight is 614 g/mol. The van der Waals surface area contributed by atoms with E-state index in [4.69, 9.17) is 15.9 Å². The highest BCUT2D eigenvalue weighted by atomic mass is 32.2. The quantitative estimate of drug-likeness (QED) is 0.165. The molecule has 1 fully saturated rings. The molecule has 0 saturated carbocycles. The Labute approximate surface area is 257 Å². The Hall–Kier alpha value is -4.74. The number of amides is 2. The van der Waals surface area contributed by atoms with Crippen LogP contribution in [0.2, 0.25) is 0 Å². The van der Waals surface area contributed by atoms with Crippen molar-refractivity contribution in [2.45, 2.75) is 30.3 Å². The first-order chi connectivity index (χ1) is 21.2. The number of rotatable bonds is 12. The zero-order valence-electron chi connectivity index (χ0n) is 24.4. The van der Waals surface area contributed by atoms with Crippen LogP contribution >= 0.6 is 0 Å². The maximum Gasteiger partial charge on any atom is 0.244 e. The number of hydrogen-bond donors (Lipinski definition) is 3. The SMILES string of the molecule is COc1ccc2ccc(S(=O)(=O)N(CC(=O)NCCc3ccccc3)[C@H]3CCN(Cc4cccc(C(=N)N)c4)C3=O)cc2c1. The molecule has 1 aliphatic rings. The third-order valence-corrected chi connectivity index (χ3v) is 9.58. The molecular formula is C33H35N5O5S. The lowest BCUT2D eigenvalue weighted by Crippen LogP contribution is -2.49. The van der Waals surface area contributed by atoms with Crippen LogP contribution in [0.4, 0.5) is 0 Å². The zero-order valence-corrected chi connectivity index (χ0v) is 25.2. The minimum absolute atomic E-state index is 0.0178. The molecule has 0 radical (unpaired) electrons. The van der Waals surface area contributed by atoms with Crippen LogP contribution in [0.1, 0.15) is 23.1 Å². The molecule has 1 atom stereocenters. The predicted octanol–water partition coefficient (Wildman–Crippen LogP) is 3.28. The number of nitrogens with one attached hydrogen (secondary N) is 2. The molecule has 228 valence electrons. The van der Waals surface area contributed by atoms with E-state index in [-0.39, 0.29) is 29.6 Å². The normalized spacial score (nSPS) is 15.1. The number of carbonyl (C=O) groups is 2. The fourth-order valence-electron chi connectivity index (χ4n) is 5.38. The Bertz CT molecular complexity index is 1800. The van der Waals surface area contributed by atoms with Crippen molar-refractivity contribution in [3.05, 3.63) is 108 Å². The number of ether oxygens (including phenoxy) is 1. The summed E-state index contributed by atoms with van der Waals surface area (Å²) >= 11 is 0. The summed E-state index contributed by atoms with van der Waals surface area (Å²) in [5.41, 5.74) is 7.98. The Balaban J connectivity index is 1.40. The summed E-state index contributed by atoms with van der Waals surface area (Å²) in [7, 11) is -2.74. The highest BCUT2D eigenvalue weighted by Gasteiger charge is 2.43. The molecule has 11 heteroatoms. The van der Waals surface area contributed by atoms with E-state index in [2.05, 4.69) is 5.32 Å². The molecule has 5 rings (SSSR count). The van der Waals surface area contributed by atoms with Crippen LogP contribution in [-0.2, 0) is 32.6 Å². The Morgan fingerprint density at radius 2 is 1.75 bits per heavy atom. The maximum atomic E-state index is 14.2. The van der Waals surface area contributed by atoms with Crippen molar-refractivity contribution in [3.63, 3.8) is 0 Å². The van der Waals surface area contributed by atoms with E-state index < -0.39 is 28.5 Å². The molecular weight excluding hydrogens is 578 g/mol. The van der Waals surface area contributed by atoms with Gasteiger partial charge in [0.05, 0.1) is 18.6 Å². The van der Waals surface area contributed by atoms with Crippen LogP contribution in [0.5, 0.6) is 5.75 Å². The van der Waals surface area contributed by atoms with E-state index in [0.717, 1.165) is 20.8 Å². The van der Waals surface area contributed by atoms with Crippen molar-refractivity contribution in [1.29, 1.82) is 5.41 Å². The number of likely N-dealkylation sites (tertiary alicyclic amines) is 1. The van der Waals surface area contributed by atoms with Crippen LogP contribution in [0, 0.1) is 5.41 Å². The Kier molecular flexibility index (Phi) is 9.26. The molecule has 0 unspecified atom stereocenters. The highest BCUT2D eigenvalue weighted by molar-refractivity contribution is 7.89. The van der Waals surface area contributed by atoms with Gasteiger partial charge in [0.2, 0.25) is 21.8 Å². The third-order valence-electron chi connectivity index (χ3n) is 7.73. The first-order valence-electron chi connectivity index (χ1n) is 14.3. The number of methoxy groups -OCH3 is 1. The maximum absolute atomic E-state index is 14.2. The average Bonchev–Trinajstić information content (AvgIpc) is 3.38. The smallest absolute Gasteiger partial charge is 0.244 e. The second kappa shape index (κ2) is 13.3. The van der Waals surface area contributed by atoms with Gasteiger partial charge in [-0.2, -0.15) is 4.31 Å². The second-order valence-corrected chi connectivity index (χ2v) is 12.6. The molecule has 44 heavy (non-hydrogen) atoms. The van der Waals surface area contributed by atoms with Gasteiger partial charge < -0.3 is 20.7 Å². The van der Waals surface area contributed by atoms with Crippen molar-refractivity contribution in [1.82, 2.24) is 14.5 Å². The van der Waals surface area contributed by atoms with E-state index in [9.17, 15) is 18.0 Å². The number of carbonyl (C=O) groups excluding carboxylic acids is 2. The van der Waals surface area contributed by atoms with Gasteiger partial charge in [-0.25, -0.2) is 8.42 Å². The summed E-state index contributed by atoms with van der Waals surface area (Å²) in [6.07, 6.45) is 0.810. The van der Waals surface area contributed by atoms with E-state index >= 15 is 0 Å². The van der Waals surface area contributed by atoms with Gasteiger partial charge in [0.1, 0.15) is 17.6 Å². The molecule has 4 N–H and O–H groups in total. The summed E-state index contributed by atoms with van der Waals surface area (Å²) < 4.78 is 34.7. The first kappa shape index (κ1) is 30.7. The van der Waals surface area contributed by atoms with E-state index in [0.29, 0.717) is 36.2 Å². The number of nitrogens with two attached hydrogens (primary N) is 1. The van der Waals surface area contributed by atoms with Crippen molar-refractivity contribution in [2.24, 2.45) is 5.73 Å². The summed E-state index contributed by atoms with van der Waals surface area (Å²) in [5, 5.41) is 12.0. The van der Waals surface area contributed by atoms with Crippen LogP contribution < -0.4 is 15.8 Å². The van der Waals surface area contributed by atoms with Gasteiger partial charge in [-0.05, 0) is 65.1 Å². The molecule has 2 amide bonds. The van der Waals surface area contributed by atoms with Gasteiger partial charge >= 0.3 is 0 Å². The number of nitrogen functional groups attached to an aromatic ring is 1. The van der Waals surface area contributed by atoms with Gasteiger partial charge in [-0.1, -0.05) is 60.7 Å². The van der Waals surface area contributed by atoms with Gasteiger partial charge in [-0.15, -0.1) is 0 Å². The fraction of sp³-hybridized carbons (Fsp3) is 0.242. The molecule has 4 aromatic rings. The molecule has 0 aromatic heterocycles. The molecule has 0 spiro atoms. The van der Waals surface area contributed by atoms with Gasteiger partial charge in [0, 0.05) is 25.2 Å². The van der Waals surface area contributed by atoms with Crippen molar-refractivity contribution in [2.75, 3.05) is 26.7 Å². The second-order valence-electron chi connectivity index (χ2n) is 10.7. The number of fused-ring (bicyclic) bond motifs is 1. The summed E-state index contributed by atoms with van der Waals surface area (Å²) in [4.78, 5) is 28.4. The van der Waals surface area contributed by atoms with Crippen LogP contribution in [0.3, 0.4) is 0 Å². The molecule has 10 nitrogen and oxygen atoms in total. The topological polar surface area (TPSA) is 146 Å². The molecule has 4 aromatic carbocycles. The lowest BCUT2D eigenvalue weighted by molar-refractivity contribution is -0.131. The monoisotopic (exact) mass is 613 g/mol. The molecule has 1 saturated heterocycles. The van der Waals surface area contributed by atoms with Gasteiger partial charge in [0.25, 0.3) is 0 Å². The van der Waals surface area contributed by atoms with Crippen molar-refractivity contribution in [3.8, 4) is 5.75 Å². The summed E-state index contributed by atoms with van der Waals surface area (Å²) in [6, 6.07) is 25.7. The lowest BCUT2D eigenvalue weighted by Gasteiger charge is -2.27. The molecule has 0 bridgehead atoms. The molecule has 1 heterocycles. The number of amidine groups is 1. The van der Waals surface area contributed by atoms with Gasteiger partial charge in [0.15, 0.2) is 0 Å². The Morgan fingerprint density at radius 3 is 2.50 bits per heavy atom. The van der Waals surface area contributed by atoms with Crippen LogP contribution in [0.15, 0.2) is 95.9 Å². The minimum atomic E-state index is -4.28. The third kappa shape index (κ3) is 6.90. The number of sulfonamides is 1. The first-order valence-corrected chi connectivity index (χ1v) is 15.7. The fourth-order valence-corrected chi connectivity index (χ4v) is 6.99. The number of nitrogens with zero attached hydrogens (tertiary/aromatic N) is 2. The molecule has 1 aliphatic heterocycles. The molecule has 0 aliphatic carbocycles. The number of benzene rings is 4. The largest absolute Gasteiger partial charge is 0.497 e. The number of hydrogen-bond acceptors (Lipinski definition) is 6. The predicted molar refractivity (Wildman–Crippen MR) is 169 cm³/mol. The van der Waals surface area contributed by atoms with E-state index in [1.165, 1.54) is 19.2 Å².